The van der Waals surface area contributed by atoms with Gasteiger partial charge in [0.2, 0.25) is 0 Å². The van der Waals surface area contributed by atoms with Crippen LogP contribution in [0.4, 0.5) is 5.69 Å². The van der Waals surface area contributed by atoms with Crippen molar-refractivity contribution in [3.8, 4) is 6.07 Å². The van der Waals surface area contributed by atoms with Crippen LogP contribution in [-0.2, 0) is 0 Å². The molecule has 0 aliphatic heterocycles. The number of anilines is 1. The van der Waals surface area contributed by atoms with E-state index in [1.54, 1.807) is 0 Å². The SMILES string of the molecule is CNCC(C)CNc1cc(C)nc(C)c1C#N. The topological polar surface area (TPSA) is 60.7 Å². The van der Waals surface area contributed by atoms with E-state index in [2.05, 4.69) is 28.6 Å². The lowest BCUT2D eigenvalue weighted by Gasteiger charge is -2.15. The molecule has 2 N–H and O–H groups in total. The summed E-state index contributed by atoms with van der Waals surface area (Å²) in [4.78, 5) is 4.29. The van der Waals surface area contributed by atoms with Crippen molar-refractivity contribution in [1.82, 2.24) is 10.3 Å². The molecule has 0 fully saturated rings. The Labute approximate surface area is 103 Å². The zero-order valence-corrected chi connectivity index (χ0v) is 11.0. The molecule has 17 heavy (non-hydrogen) atoms. The Balaban J connectivity index is 2.80. The summed E-state index contributed by atoms with van der Waals surface area (Å²) >= 11 is 0. The average Bonchev–Trinajstić information content (AvgIpc) is 2.26. The van der Waals surface area contributed by atoms with E-state index in [1.165, 1.54) is 0 Å². The molecule has 1 heterocycles. The van der Waals surface area contributed by atoms with Gasteiger partial charge >= 0.3 is 0 Å². The predicted octanol–water partition coefficient (Wildman–Crippen LogP) is 1.84. The van der Waals surface area contributed by atoms with Crippen LogP contribution >= 0.6 is 0 Å². The minimum Gasteiger partial charge on any atom is -0.384 e. The Morgan fingerprint density at radius 2 is 2.12 bits per heavy atom. The fraction of sp³-hybridized carbons (Fsp3) is 0.538. The number of aromatic nitrogens is 1. The quantitative estimate of drug-likeness (QED) is 0.813. The standard InChI is InChI=1S/C13H20N4/c1-9(7-15-4)8-16-13-5-10(2)17-11(3)12(13)6-14/h5,9,15H,7-8H2,1-4H3,(H,16,17). The lowest BCUT2D eigenvalue weighted by atomic mass is 10.1. The summed E-state index contributed by atoms with van der Waals surface area (Å²) in [6.45, 7) is 7.77. The second-order valence-corrected chi connectivity index (χ2v) is 4.43. The van der Waals surface area contributed by atoms with Crippen molar-refractivity contribution in [1.29, 1.82) is 5.26 Å². The van der Waals surface area contributed by atoms with E-state index in [0.29, 0.717) is 11.5 Å². The number of hydrogen-bond donors (Lipinski definition) is 2. The lowest BCUT2D eigenvalue weighted by Crippen LogP contribution is -2.23. The highest BCUT2D eigenvalue weighted by Crippen LogP contribution is 2.18. The van der Waals surface area contributed by atoms with Gasteiger partial charge in [0.15, 0.2) is 0 Å². The first-order valence-electron chi connectivity index (χ1n) is 5.85. The van der Waals surface area contributed by atoms with Gasteiger partial charge < -0.3 is 10.6 Å². The van der Waals surface area contributed by atoms with E-state index in [9.17, 15) is 0 Å². The van der Waals surface area contributed by atoms with Gasteiger partial charge in [0, 0.05) is 12.2 Å². The molecule has 4 nitrogen and oxygen atoms in total. The molecule has 0 saturated carbocycles. The van der Waals surface area contributed by atoms with Crippen molar-refractivity contribution in [2.45, 2.75) is 20.8 Å². The predicted molar refractivity (Wildman–Crippen MR) is 70.0 cm³/mol. The maximum atomic E-state index is 9.12. The first-order chi connectivity index (χ1) is 8.08. The van der Waals surface area contributed by atoms with E-state index in [-0.39, 0.29) is 0 Å². The summed E-state index contributed by atoms with van der Waals surface area (Å²) in [5, 5.41) is 15.6. The summed E-state index contributed by atoms with van der Waals surface area (Å²) in [6.07, 6.45) is 0. The van der Waals surface area contributed by atoms with E-state index < -0.39 is 0 Å². The largest absolute Gasteiger partial charge is 0.384 e. The van der Waals surface area contributed by atoms with Gasteiger partial charge in [-0.3, -0.25) is 4.98 Å². The summed E-state index contributed by atoms with van der Waals surface area (Å²) in [6, 6.07) is 4.13. The van der Waals surface area contributed by atoms with Gasteiger partial charge in [0.25, 0.3) is 0 Å². The Kier molecular flexibility index (Phi) is 4.92. The summed E-state index contributed by atoms with van der Waals surface area (Å²) in [5.74, 6) is 0.514. The van der Waals surface area contributed by atoms with Crippen LogP contribution in [0.2, 0.25) is 0 Å². The molecule has 0 aliphatic carbocycles. The molecule has 0 spiro atoms. The molecule has 92 valence electrons. The molecular weight excluding hydrogens is 212 g/mol. The van der Waals surface area contributed by atoms with E-state index in [0.717, 1.165) is 30.2 Å². The van der Waals surface area contributed by atoms with Gasteiger partial charge in [0.05, 0.1) is 16.9 Å². The molecule has 0 bridgehead atoms. The number of aryl methyl sites for hydroxylation is 2. The van der Waals surface area contributed by atoms with Crippen LogP contribution in [0.3, 0.4) is 0 Å². The van der Waals surface area contributed by atoms with Crippen molar-refractivity contribution in [3.63, 3.8) is 0 Å². The molecule has 0 radical (unpaired) electrons. The third-order valence-electron chi connectivity index (χ3n) is 2.63. The molecular formula is C13H20N4. The van der Waals surface area contributed by atoms with Crippen molar-refractivity contribution in [2.75, 3.05) is 25.5 Å². The van der Waals surface area contributed by atoms with E-state index in [4.69, 9.17) is 5.26 Å². The monoisotopic (exact) mass is 232 g/mol. The first-order valence-corrected chi connectivity index (χ1v) is 5.85. The van der Waals surface area contributed by atoms with Crippen LogP contribution in [0.1, 0.15) is 23.9 Å². The number of hydrogen-bond acceptors (Lipinski definition) is 4. The van der Waals surface area contributed by atoms with Gasteiger partial charge in [-0.25, -0.2) is 0 Å². The normalized spacial score (nSPS) is 11.9. The molecule has 1 rings (SSSR count). The molecule has 0 amide bonds. The van der Waals surface area contributed by atoms with Gasteiger partial charge in [-0.05, 0) is 39.4 Å². The molecule has 1 unspecified atom stereocenters. The Morgan fingerprint density at radius 1 is 1.41 bits per heavy atom. The van der Waals surface area contributed by atoms with Gasteiger partial charge in [-0.15, -0.1) is 0 Å². The van der Waals surface area contributed by atoms with E-state index in [1.807, 2.05) is 27.0 Å². The highest BCUT2D eigenvalue weighted by Gasteiger charge is 2.08. The smallest absolute Gasteiger partial charge is 0.103 e. The number of nitrogens with zero attached hydrogens (tertiary/aromatic N) is 2. The number of pyridine rings is 1. The maximum absolute atomic E-state index is 9.12. The van der Waals surface area contributed by atoms with Crippen LogP contribution in [0.25, 0.3) is 0 Å². The van der Waals surface area contributed by atoms with E-state index >= 15 is 0 Å². The van der Waals surface area contributed by atoms with Crippen LogP contribution in [-0.4, -0.2) is 25.1 Å². The highest BCUT2D eigenvalue weighted by atomic mass is 14.9. The Bertz CT molecular complexity index is 420. The van der Waals surface area contributed by atoms with Crippen LogP contribution in [0.15, 0.2) is 6.07 Å². The zero-order chi connectivity index (χ0) is 12.8. The van der Waals surface area contributed by atoms with Gasteiger partial charge in [-0.1, -0.05) is 6.92 Å². The molecule has 1 aromatic heterocycles. The lowest BCUT2D eigenvalue weighted by molar-refractivity contribution is 0.569. The molecule has 0 aliphatic rings. The van der Waals surface area contributed by atoms with Crippen molar-refractivity contribution >= 4 is 5.69 Å². The van der Waals surface area contributed by atoms with Crippen LogP contribution in [0.5, 0.6) is 0 Å². The molecule has 1 atom stereocenters. The third kappa shape index (κ3) is 3.72. The number of nitrogens with one attached hydrogen (secondary N) is 2. The summed E-state index contributed by atoms with van der Waals surface area (Å²) in [7, 11) is 1.94. The molecule has 1 aromatic rings. The van der Waals surface area contributed by atoms with Gasteiger partial charge in [-0.2, -0.15) is 5.26 Å². The van der Waals surface area contributed by atoms with Crippen LogP contribution in [0, 0.1) is 31.1 Å². The second-order valence-electron chi connectivity index (χ2n) is 4.43. The fourth-order valence-corrected chi connectivity index (χ4v) is 1.81. The van der Waals surface area contributed by atoms with Gasteiger partial charge in [0.1, 0.15) is 6.07 Å². The molecule has 0 aromatic carbocycles. The number of rotatable bonds is 5. The number of nitriles is 1. The Morgan fingerprint density at radius 3 is 2.71 bits per heavy atom. The van der Waals surface area contributed by atoms with Crippen LogP contribution < -0.4 is 10.6 Å². The summed E-state index contributed by atoms with van der Waals surface area (Å²) in [5.41, 5.74) is 3.26. The average molecular weight is 232 g/mol. The van der Waals surface area contributed by atoms with Crippen molar-refractivity contribution < 1.29 is 0 Å². The molecule has 0 saturated heterocycles. The minimum absolute atomic E-state index is 0.514. The second kappa shape index (κ2) is 6.21. The minimum atomic E-state index is 0.514. The molecule has 4 heteroatoms. The summed E-state index contributed by atoms with van der Waals surface area (Å²) < 4.78 is 0. The fourth-order valence-electron chi connectivity index (χ4n) is 1.81. The Hall–Kier alpha value is -1.60. The van der Waals surface area contributed by atoms with Crippen molar-refractivity contribution in [3.05, 3.63) is 23.0 Å². The third-order valence-corrected chi connectivity index (χ3v) is 2.63. The highest BCUT2D eigenvalue weighted by molar-refractivity contribution is 5.59. The first kappa shape index (κ1) is 13.5. The zero-order valence-electron chi connectivity index (χ0n) is 11.0. The van der Waals surface area contributed by atoms with Crippen molar-refractivity contribution in [2.24, 2.45) is 5.92 Å². The maximum Gasteiger partial charge on any atom is 0.103 e.